The first kappa shape index (κ1) is 12.8. The zero-order valence-corrected chi connectivity index (χ0v) is 11.0. The molecule has 1 aliphatic heterocycles. The number of ether oxygens (including phenoxy) is 1. The number of rotatable bonds is 2. The first-order chi connectivity index (χ1) is 9.67. The number of nitrogens with zero attached hydrogens (tertiary/aromatic N) is 3. The standard InChI is InChI=1S/C14H14FN3O2/c1-20-13(19)10-4-5-18(8-10)14-16-7-9-2-3-11(15)6-12(9)17-14/h2-3,6-7,10H,4-5,8H2,1H3/t10-/m0/s1. The molecule has 1 fully saturated rings. The van der Waals surface area contributed by atoms with Crippen molar-refractivity contribution in [2.75, 3.05) is 25.1 Å². The van der Waals surface area contributed by atoms with E-state index in [2.05, 4.69) is 9.97 Å². The number of hydrogen-bond donors (Lipinski definition) is 0. The van der Waals surface area contributed by atoms with Crippen LogP contribution in [0.4, 0.5) is 10.3 Å². The summed E-state index contributed by atoms with van der Waals surface area (Å²) in [5, 5.41) is 0.791. The molecule has 5 nitrogen and oxygen atoms in total. The maximum Gasteiger partial charge on any atom is 0.310 e. The summed E-state index contributed by atoms with van der Waals surface area (Å²) in [7, 11) is 1.39. The Morgan fingerprint density at radius 3 is 3.15 bits per heavy atom. The predicted molar refractivity (Wildman–Crippen MR) is 71.8 cm³/mol. The van der Waals surface area contributed by atoms with Crippen LogP contribution in [0.15, 0.2) is 24.4 Å². The van der Waals surface area contributed by atoms with Crippen LogP contribution >= 0.6 is 0 Å². The summed E-state index contributed by atoms with van der Waals surface area (Å²) in [6, 6.07) is 4.42. The minimum Gasteiger partial charge on any atom is -0.469 e. The zero-order chi connectivity index (χ0) is 14.1. The van der Waals surface area contributed by atoms with Gasteiger partial charge < -0.3 is 9.64 Å². The molecule has 2 aromatic rings. The summed E-state index contributed by atoms with van der Waals surface area (Å²) >= 11 is 0. The van der Waals surface area contributed by atoms with Gasteiger partial charge in [0.1, 0.15) is 5.82 Å². The van der Waals surface area contributed by atoms with E-state index < -0.39 is 0 Å². The number of hydrogen-bond acceptors (Lipinski definition) is 5. The van der Waals surface area contributed by atoms with E-state index in [0.29, 0.717) is 24.6 Å². The predicted octanol–water partition coefficient (Wildman–Crippen LogP) is 1.77. The highest BCUT2D eigenvalue weighted by Gasteiger charge is 2.30. The van der Waals surface area contributed by atoms with Gasteiger partial charge in [-0.3, -0.25) is 4.79 Å². The Bertz CT molecular complexity index is 662. The van der Waals surface area contributed by atoms with E-state index in [4.69, 9.17) is 4.74 Å². The number of carbonyl (C=O) groups is 1. The first-order valence-electron chi connectivity index (χ1n) is 6.42. The van der Waals surface area contributed by atoms with Crippen molar-refractivity contribution < 1.29 is 13.9 Å². The minimum absolute atomic E-state index is 0.146. The molecule has 2 heterocycles. The van der Waals surface area contributed by atoms with Crippen LogP contribution in [0.25, 0.3) is 10.9 Å². The Morgan fingerprint density at radius 2 is 2.35 bits per heavy atom. The van der Waals surface area contributed by atoms with Crippen molar-refractivity contribution in [2.24, 2.45) is 5.92 Å². The SMILES string of the molecule is COC(=O)[C@H]1CCN(c2ncc3ccc(F)cc3n2)C1. The molecular formula is C14H14FN3O2. The molecule has 104 valence electrons. The van der Waals surface area contributed by atoms with E-state index in [1.54, 1.807) is 12.3 Å². The summed E-state index contributed by atoms with van der Waals surface area (Å²) < 4.78 is 18.0. The summed E-state index contributed by atoms with van der Waals surface area (Å²) in [6.07, 6.45) is 2.39. The largest absolute Gasteiger partial charge is 0.469 e. The second-order valence-electron chi connectivity index (χ2n) is 4.83. The molecule has 0 unspecified atom stereocenters. The number of esters is 1. The van der Waals surface area contributed by atoms with Crippen LogP contribution < -0.4 is 4.90 Å². The van der Waals surface area contributed by atoms with Crippen LogP contribution in [-0.2, 0) is 9.53 Å². The van der Waals surface area contributed by atoms with E-state index >= 15 is 0 Å². The van der Waals surface area contributed by atoms with Gasteiger partial charge in [0.2, 0.25) is 5.95 Å². The fraction of sp³-hybridized carbons (Fsp3) is 0.357. The molecule has 1 aliphatic rings. The summed E-state index contributed by atoms with van der Waals surface area (Å²) in [4.78, 5) is 22.1. The highest BCUT2D eigenvalue weighted by Crippen LogP contribution is 2.23. The molecular weight excluding hydrogens is 261 g/mol. The highest BCUT2D eigenvalue weighted by molar-refractivity contribution is 5.79. The monoisotopic (exact) mass is 275 g/mol. The van der Waals surface area contributed by atoms with Gasteiger partial charge in [0.05, 0.1) is 18.5 Å². The van der Waals surface area contributed by atoms with Gasteiger partial charge in [-0.05, 0) is 18.6 Å². The van der Waals surface area contributed by atoms with Gasteiger partial charge in [-0.2, -0.15) is 0 Å². The molecule has 0 saturated carbocycles. The lowest BCUT2D eigenvalue weighted by molar-refractivity contribution is -0.144. The van der Waals surface area contributed by atoms with Crippen LogP contribution in [0.2, 0.25) is 0 Å². The molecule has 0 radical (unpaired) electrons. The number of aromatic nitrogens is 2. The second kappa shape index (κ2) is 5.03. The molecule has 0 amide bonds. The quantitative estimate of drug-likeness (QED) is 0.782. The lowest BCUT2D eigenvalue weighted by atomic mass is 10.1. The van der Waals surface area contributed by atoms with Gasteiger partial charge in [0, 0.05) is 30.7 Å². The third-order valence-electron chi connectivity index (χ3n) is 3.54. The molecule has 0 N–H and O–H groups in total. The molecule has 3 rings (SSSR count). The Labute approximate surface area is 115 Å². The van der Waals surface area contributed by atoms with Gasteiger partial charge in [-0.25, -0.2) is 14.4 Å². The molecule has 0 bridgehead atoms. The zero-order valence-electron chi connectivity index (χ0n) is 11.0. The van der Waals surface area contributed by atoms with Crippen LogP contribution in [0.5, 0.6) is 0 Å². The molecule has 1 aromatic heterocycles. The number of benzene rings is 1. The second-order valence-corrected chi connectivity index (χ2v) is 4.83. The topological polar surface area (TPSA) is 55.3 Å². The molecule has 1 aromatic carbocycles. The highest BCUT2D eigenvalue weighted by atomic mass is 19.1. The van der Waals surface area contributed by atoms with Crippen molar-refractivity contribution in [2.45, 2.75) is 6.42 Å². The first-order valence-corrected chi connectivity index (χ1v) is 6.42. The van der Waals surface area contributed by atoms with E-state index in [0.717, 1.165) is 11.8 Å². The van der Waals surface area contributed by atoms with E-state index in [1.807, 2.05) is 4.90 Å². The fourth-order valence-corrected chi connectivity index (χ4v) is 2.44. The number of fused-ring (bicyclic) bond motifs is 1. The average molecular weight is 275 g/mol. The van der Waals surface area contributed by atoms with Gasteiger partial charge in [0.15, 0.2) is 0 Å². The lowest BCUT2D eigenvalue weighted by Gasteiger charge is -2.16. The number of anilines is 1. The normalized spacial score (nSPS) is 18.5. The number of carbonyl (C=O) groups excluding carboxylic acids is 1. The number of halogens is 1. The van der Waals surface area contributed by atoms with Crippen LogP contribution in [0, 0.1) is 11.7 Å². The smallest absolute Gasteiger partial charge is 0.310 e. The minimum atomic E-state index is -0.323. The molecule has 6 heteroatoms. The Balaban J connectivity index is 1.86. The van der Waals surface area contributed by atoms with Crippen molar-refractivity contribution in [3.8, 4) is 0 Å². The van der Waals surface area contributed by atoms with Crippen LogP contribution in [0.3, 0.4) is 0 Å². The third kappa shape index (κ3) is 2.29. The Kier molecular flexibility index (Phi) is 3.22. The lowest BCUT2D eigenvalue weighted by Crippen LogP contribution is -2.25. The Hall–Kier alpha value is -2.24. The number of methoxy groups -OCH3 is 1. The molecule has 1 saturated heterocycles. The fourth-order valence-electron chi connectivity index (χ4n) is 2.44. The van der Waals surface area contributed by atoms with Crippen molar-refractivity contribution >= 4 is 22.8 Å². The van der Waals surface area contributed by atoms with E-state index in [1.165, 1.54) is 19.2 Å². The molecule has 0 spiro atoms. The summed E-state index contributed by atoms with van der Waals surface area (Å²) in [5.74, 6) is -0.156. The molecule has 1 atom stereocenters. The third-order valence-corrected chi connectivity index (χ3v) is 3.54. The van der Waals surface area contributed by atoms with Crippen molar-refractivity contribution in [1.29, 1.82) is 0 Å². The Morgan fingerprint density at radius 1 is 1.50 bits per heavy atom. The van der Waals surface area contributed by atoms with E-state index in [9.17, 15) is 9.18 Å². The molecule has 20 heavy (non-hydrogen) atoms. The van der Waals surface area contributed by atoms with Crippen molar-refractivity contribution in [3.05, 3.63) is 30.2 Å². The average Bonchev–Trinajstić information content (AvgIpc) is 2.95. The van der Waals surface area contributed by atoms with Gasteiger partial charge in [-0.15, -0.1) is 0 Å². The summed E-state index contributed by atoms with van der Waals surface area (Å²) in [5.41, 5.74) is 0.566. The van der Waals surface area contributed by atoms with Gasteiger partial charge in [0.25, 0.3) is 0 Å². The molecule has 0 aliphatic carbocycles. The maximum atomic E-state index is 13.2. The van der Waals surface area contributed by atoms with Crippen LogP contribution in [0.1, 0.15) is 6.42 Å². The van der Waals surface area contributed by atoms with Gasteiger partial charge >= 0.3 is 5.97 Å². The maximum absolute atomic E-state index is 13.2. The van der Waals surface area contributed by atoms with Crippen molar-refractivity contribution in [3.63, 3.8) is 0 Å². The van der Waals surface area contributed by atoms with Crippen molar-refractivity contribution in [1.82, 2.24) is 9.97 Å². The summed E-state index contributed by atoms with van der Waals surface area (Å²) in [6.45, 7) is 1.23. The van der Waals surface area contributed by atoms with Gasteiger partial charge in [-0.1, -0.05) is 0 Å². The van der Waals surface area contributed by atoms with E-state index in [-0.39, 0.29) is 17.7 Å². The van der Waals surface area contributed by atoms with Crippen LogP contribution in [-0.4, -0.2) is 36.1 Å².